The molecule has 0 aliphatic rings. The van der Waals surface area contributed by atoms with E-state index in [-0.39, 0.29) is 11.5 Å². The van der Waals surface area contributed by atoms with Gasteiger partial charge in [0.15, 0.2) is 0 Å². The van der Waals surface area contributed by atoms with Gasteiger partial charge in [0.1, 0.15) is 12.3 Å². The van der Waals surface area contributed by atoms with Crippen LogP contribution in [-0.4, -0.2) is 34.1 Å². The van der Waals surface area contributed by atoms with Crippen LogP contribution in [0.1, 0.15) is 25.8 Å². The first-order valence-electron chi connectivity index (χ1n) is 8.86. The first-order chi connectivity index (χ1) is 12.9. The molecule has 2 rings (SSSR count). The van der Waals surface area contributed by atoms with Crippen molar-refractivity contribution in [3.05, 3.63) is 54.1 Å². The van der Waals surface area contributed by atoms with Crippen molar-refractivity contribution in [2.24, 2.45) is 0 Å². The highest BCUT2D eigenvalue weighted by Crippen LogP contribution is 2.26. The predicted octanol–water partition coefficient (Wildman–Crippen LogP) is 3.54. The number of esters is 1. The molecule has 0 spiro atoms. The first-order valence-corrected chi connectivity index (χ1v) is 10.3. The largest absolute Gasteiger partial charge is 0.494 e. The van der Waals surface area contributed by atoms with E-state index in [1.54, 1.807) is 43.3 Å². The van der Waals surface area contributed by atoms with E-state index in [0.717, 1.165) is 16.3 Å². The van der Waals surface area contributed by atoms with Crippen molar-refractivity contribution in [3.8, 4) is 5.75 Å². The normalized spacial score (nSPS) is 11.1. The maximum Gasteiger partial charge on any atom is 0.326 e. The summed E-state index contributed by atoms with van der Waals surface area (Å²) in [5.74, 6) is 0.0314. The summed E-state index contributed by atoms with van der Waals surface area (Å²) >= 11 is 0. The van der Waals surface area contributed by atoms with E-state index in [2.05, 4.69) is 0 Å². The van der Waals surface area contributed by atoms with Crippen LogP contribution in [0.3, 0.4) is 0 Å². The minimum atomic E-state index is -3.92. The van der Waals surface area contributed by atoms with Crippen molar-refractivity contribution < 1.29 is 22.7 Å². The number of carbonyl (C=O) groups excluding carboxylic acids is 1. The molecule has 0 saturated carbocycles. The van der Waals surface area contributed by atoms with Crippen LogP contribution in [-0.2, 0) is 19.6 Å². The molecule has 0 unspecified atom stereocenters. The molecule has 0 atom stereocenters. The van der Waals surface area contributed by atoms with Crippen molar-refractivity contribution in [1.29, 1.82) is 0 Å². The number of carbonyl (C=O) groups is 1. The smallest absolute Gasteiger partial charge is 0.326 e. The van der Waals surface area contributed by atoms with E-state index < -0.39 is 22.5 Å². The molecule has 0 N–H and O–H groups in total. The van der Waals surface area contributed by atoms with Gasteiger partial charge in [-0.3, -0.25) is 9.10 Å². The quantitative estimate of drug-likeness (QED) is 0.611. The number of nitrogens with zero attached hydrogens (tertiary/aromatic N) is 1. The molecular formula is C20H25NO5S. The molecule has 2 aromatic carbocycles. The Morgan fingerprint density at radius 2 is 1.63 bits per heavy atom. The molecule has 0 bridgehead atoms. The van der Waals surface area contributed by atoms with Gasteiger partial charge in [-0.25, -0.2) is 8.42 Å². The fourth-order valence-corrected chi connectivity index (χ4v) is 3.81. The summed E-state index contributed by atoms with van der Waals surface area (Å²) in [6, 6.07) is 13.1. The third-order valence-corrected chi connectivity index (χ3v) is 5.57. The Kier molecular flexibility index (Phi) is 7.24. The molecule has 0 amide bonds. The number of aryl methyl sites for hydroxylation is 1. The lowest BCUT2D eigenvalue weighted by Gasteiger charge is -2.24. The summed E-state index contributed by atoms with van der Waals surface area (Å²) in [6.45, 7) is 5.91. The zero-order valence-corrected chi connectivity index (χ0v) is 16.7. The maximum absolute atomic E-state index is 13.1. The highest BCUT2D eigenvalue weighted by atomic mass is 32.2. The molecule has 0 radical (unpaired) electrons. The second kappa shape index (κ2) is 9.41. The van der Waals surface area contributed by atoms with Crippen LogP contribution in [0.2, 0.25) is 0 Å². The number of benzene rings is 2. The Labute approximate surface area is 160 Å². The van der Waals surface area contributed by atoms with E-state index >= 15 is 0 Å². The molecule has 0 aromatic heterocycles. The van der Waals surface area contributed by atoms with Crippen LogP contribution in [0.5, 0.6) is 5.75 Å². The van der Waals surface area contributed by atoms with Crippen LogP contribution >= 0.6 is 0 Å². The molecular weight excluding hydrogens is 366 g/mol. The van der Waals surface area contributed by atoms with E-state index in [1.807, 2.05) is 13.8 Å². The van der Waals surface area contributed by atoms with Gasteiger partial charge in [-0.15, -0.1) is 0 Å². The predicted molar refractivity (Wildman–Crippen MR) is 105 cm³/mol. The van der Waals surface area contributed by atoms with Crippen LogP contribution in [0.15, 0.2) is 53.4 Å². The Morgan fingerprint density at radius 3 is 2.19 bits per heavy atom. The zero-order valence-electron chi connectivity index (χ0n) is 15.8. The molecule has 0 aliphatic heterocycles. The van der Waals surface area contributed by atoms with Gasteiger partial charge < -0.3 is 9.47 Å². The van der Waals surface area contributed by atoms with Gasteiger partial charge in [0, 0.05) is 0 Å². The van der Waals surface area contributed by atoms with E-state index in [9.17, 15) is 13.2 Å². The van der Waals surface area contributed by atoms with Gasteiger partial charge >= 0.3 is 5.97 Å². The molecule has 7 heteroatoms. The summed E-state index contributed by atoms with van der Waals surface area (Å²) in [6.07, 6.45) is 0.874. The van der Waals surface area contributed by atoms with Crippen LogP contribution in [0, 0.1) is 6.92 Å². The number of rotatable bonds is 9. The van der Waals surface area contributed by atoms with Crippen molar-refractivity contribution in [2.75, 3.05) is 24.1 Å². The molecule has 27 heavy (non-hydrogen) atoms. The lowest BCUT2D eigenvalue weighted by atomic mass is 10.2. The zero-order chi connectivity index (χ0) is 19.9. The Balaban J connectivity index is 2.38. The SMILES string of the molecule is CCCOc1ccc(N(CC(=O)OCC)S(=O)(=O)c2ccc(C)cc2)cc1. The summed E-state index contributed by atoms with van der Waals surface area (Å²) < 4.78 is 37.8. The fourth-order valence-electron chi connectivity index (χ4n) is 2.40. The lowest BCUT2D eigenvalue weighted by molar-refractivity contribution is -0.141. The standard InChI is InChI=1S/C20H25NO5S/c1-4-14-26-18-10-8-17(9-11-18)21(15-20(22)25-5-2)27(23,24)19-12-6-16(3)7-13-19/h6-13H,4-5,14-15H2,1-3H3. The van der Waals surface area contributed by atoms with Gasteiger partial charge in [0.2, 0.25) is 0 Å². The topological polar surface area (TPSA) is 72.9 Å². The lowest BCUT2D eigenvalue weighted by Crippen LogP contribution is -2.36. The first kappa shape index (κ1) is 20.8. The van der Waals surface area contributed by atoms with Gasteiger partial charge in [0.05, 0.1) is 23.8 Å². The Morgan fingerprint density at radius 1 is 1.00 bits per heavy atom. The summed E-state index contributed by atoms with van der Waals surface area (Å²) in [7, 11) is -3.92. The number of sulfonamides is 1. The average Bonchev–Trinajstić information content (AvgIpc) is 2.65. The van der Waals surface area contributed by atoms with Gasteiger partial charge in [-0.05, 0) is 56.7 Å². The van der Waals surface area contributed by atoms with Crippen LogP contribution < -0.4 is 9.04 Å². The molecule has 0 heterocycles. The van der Waals surface area contributed by atoms with E-state index in [4.69, 9.17) is 9.47 Å². The Bertz CT molecular complexity index is 845. The average molecular weight is 391 g/mol. The summed E-state index contributed by atoms with van der Waals surface area (Å²) in [4.78, 5) is 12.1. The van der Waals surface area contributed by atoms with Gasteiger partial charge in [-0.2, -0.15) is 0 Å². The van der Waals surface area contributed by atoms with Crippen LogP contribution in [0.4, 0.5) is 5.69 Å². The molecule has 0 saturated heterocycles. The second-order valence-corrected chi connectivity index (χ2v) is 7.83. The third kappa shape index (κ3) is 5.47. The number of hydrogen-bond donors (Lipinski definition) is 0. The number of hydrogen-bond acceptors (Lipinski definition) is 5. The minimum Gasteiger partial charge on any atom is -0.494 e. The third-order valence-electron chi connectivity index (χ3n) is 3.78. The van der Waals surface area contributed by atoms with Crippen LogP contribution in [0.25, 0.3) is 0 Å². The van der Waals surface area contributed by atoms with Gasteiger partial charge in [0.25, 0.3) is 10.0 Å². The maximum atomic E-state index is 13.1. The highest BCUT2D eigenvalue weighted by Gasteiger charge is 2.27. The van der Waals surface area contributed by atoms with Crippen molar-refractivity contribution in [2.45, 2.75) is 32.1 Å². The molecule has 6 nitrogen and oxygen atoms in total. The van der Waals surface area contributed by atoms with Gasteiger partial charge in [-0.1, -0.05) is 24.6 Å². The number of anilines is 1. The highest BCUT2D eigenvalue weighted by molar-refractivity contribution is 7.92. The molecule has 146 valence electrons. The monoisotopic (exact) mass is 391 g/mol. The minimum absolute atomic E-state index is 0.115. The van der Waals surface area contributed by atoms with Crippen molar-refractivity contribution in [1.82, 2.24) is 0 Å². The van der Waals surface area contributed by atoms with E-state index in [0.29, 0.717) is 18.0 Å². The van der Waals surface area contributed by atoms with Crippen molar-refractivity contribution in [3.63, 3.8) is 0 Å². The molecule has 2 aromatic rings. The number of ether oxygens (including phenoxy) is 2. The second-order valence-electron chi connectivity index (χ2n) is 5.97. The molecule has 0 fully saturated rings. The summed E-state index contributed by atoms with van der Waals surface area (Å²) in [5, 5.41) is 0. The fraction of sp³-hybridized carbons (Fsp3) is 0.350. The van der Waals surface area contributed by atoms with Crippen molar-refractivity contribution >= 4 is 21.7 Å². The Hall–Kier alpha value is -2.54. The summed E-state index contributed by atoms with van der Waals surface area (Å²) in [5.41, 5.74) is 1.32. The van der Waals surface area contributed by atoms with E-state index in [1.165, 1.54) is 12.1 Å². The molecule has 0 aliphatic carbocycles.